The molecule has 0 saturated heterocycles. The van der Waals surface area contributed by atoms with Gasteiger partial charge >= 0.3 is 11.9 Å². The summed E-state index contributed by atoms with van der Waals surface area (Å²) in [6, 6.07) is 0. The third-order valence-corrected chi connectivity index (χ3v) is 9.73. The summed E-state index contributed by atoms with van der Waals surface area (Å²) in [5.41, 5.74) is 0. The summed E-state index contributed by atoms with van der Waals surface area (Å²) in [5.74, 6) is -0.0964. The summed E-state index contributed by atoms with van der Waals surface area (Å²) < 4.78 is 11.6. The zero-order valence-corrected chi connectivity index (χ0v) is 32.7. The zero-order valence-electron chi connectivity index (χ0n) is 32.7. The lowest BCUT2D eigenvalue weighted by Crippen LogP contribution is -2.29. The molecule has 0 aliphatic carbocycles. The van der Waals surface area contributed by atoms with E-state index in [1.807, 2.05) is 6.92 Å². The lowest BCUT2D eigenvalue weighted by atomic mass is 10.0. The van der Waals surface area contributed by atoms with Gasteiger partial charge in [0.1, 0.15) is 6.10 Å². The van der Waals surface area contributed by atoms with Gasteiger partial charge in [0.25, 0.3) is 0 Å². The first-order chi connectivity index (χ1) is 23.5. The van der Waals surface area contributed by atoms with Crippen LogP contribution < -0.4 is 0 Å². The standard InChI is InChI=1S/C42H83NO5/c1-5-8-11-14-17-21-26-32-40(31-25-20-16-13-10-7-3)48-42(46)33-27-22-18-23-28-35-43(37-38-44)36-29-34-41(45)47-39(4)30-24-19-15-12-9-6-2/h39-40,44H,5-38H2,1-4H3. The summed E-state index contributed by atoms with van der Waals surface area (Å²) in [7, 11) is 0. The highest BCUT2D eigenvalue weighted by Crippen LogP contribution is 2.19. The molecule has 48 heavy (non-hydrogen) atoms. The molecule has 0 heterocycles. The molecule has 0 fully saturated rings. The number of hydrogen-bond donors (Lipinski definition) is 1. The van der Waals surface area contributed by atoms with E-state index in [0.29, 0.717) is 19.4 Å². The quantitative estimate of drug-likeness (QED) is 0.0516. The number of aliphatic hydroxyl groups excluding tert-OH is 1. The first-order valence-electron chi connectivity index (χ1n) is 21.2. The number of esters is 2. The Kier molecular flexibility index (Phi) is 36.2. The molecule has 0 radical (unpaired) electrons. The number of nitrogens with zero attached hydrogens (tertiary/aromatic N) is 1. The number of carbonyl (C=O) groups is 2. The van der Waals surface area contributed by atoms with Crippen molar-refractivity contribution < 1.29 is 24.2 Å². The van der Waals surface area contributed by atoms with Crippen molar-refractivity contribution in [2.75, 3.05) is 26.2 Å². The van der Waals surface area contributed by atoms with Crippen LogP contribution in [-0.4, -0.2) is 60.4 Å². The molecule has 2 unspecified atom stereocenters. The third-order valence-electron chi connectivity index (χ3n) is 9.73. The monoisotopic (exact) mass is 682 g/mol. The van der Waals surface area contributed by atoms with Gasteiger partial charge in [-0.05, 0) is 77.8 Å². The van der Waals surface area contributed by atoms with Crippen LogP contribution in [0.2, 0.25) is 0 Å². The molecule has 0 aromatic carbocycles. The third kappa shape index (κ3) is 33.4. The second-order valence-corrected chi connectivity index (χ2v) is 14.6. The summed E-state index contributed by atoms with van der Waals surface area (Å²) >= 11 is 0. The molecule has 0 saturated carbocycles. The van der Waals surface area contributed by atoms with Gasteiger partial charge in [-0.3, -0.25) is 9.59 Å². The predicted molar refractivity (Wildman–Crippen MR) is 204 cm³/mol. The van der Waals surface area contributed by atoms with Crippen LogP contribution in [0.15, 0.2) is 0 Å². The van der Waals surface area contributed by atoms with Crippen LogP contribution >= 0.6 is 0 Å². The van der Waals surface area contributed by atoms with Crippen molar-refractivity contribution in [2.24, 2.45) is 0 Å². The fraction of sp³-hybridized carbons (Fsp3) is 0.952. The highest BCUT2D eigenvalue weighted by atomic mass is 16.5. The normalized spacial score (nSPS) is 12.8. The van der Waals surface area contributed by atoms with E-state index in [2.05, 4.69) is 25.7 Å². The molecule has 6 nitrogen and oxygen atoms in total. The molecule has 1 N–H and O–H groups in total. The number of ether oxygens (including phenoxy) is 2. The molecule has 0 rings (SSSR count). The molecule has 0 aliphatic heterocycles. The maximum atomic E-state index is 12.7. The van der Waals surface area contributed by atoms with Crippen molar-refractivity contribution in [3.63, 3.8) is 0 Å². The molecule has 0 aliphatic rings. The minimum Gasteiger partial charge on any atom is -0.463 e. The molecular formula is C42H83NO5. The van der Waals surface area contributed by atoms with Gasteiger partial charge in [0, 0.05) is 19.4 Å². The van der Waals surface area contributed by atoms with Crippen molar-refractivity contribution in [3.05, 3.63) is 0 Å². The van der Waals surface area contributed by atoms with Crippen LogP contribution in [0.5, 0.6) is 0 Å². The van der Waals surface area contributed by atoms with E-state index in [9.17, 15) is 14.7 Å². The fourth-order valence-corrected chi connectivity index (χ4v) is 6.60. The average molecular weight is 682 g/mol. The van der Waals surface area contributed by atoms with Gasteiger partial charge in [0.05, 0.1) is 12.7 Å². The molecule has 0 spiro atoms. The maximum absolute atomic E-state index is 12.7. The van der Waals surface area contributed by atoms with Crippen LogP contribution in [0.1, 0.15) is 220 Å². The molecule has 6 heteroatoms. The first kappa shape index (κ1) is 46.9. The van der Waals surface area contributed by atoms with Crippen molar-refractivity contribution >= 4 is 11.9 Å². The Hall–Kier alpha value is -1.14. The van der Waals surface area contributed by atoms with Crippen molar-refractivity contribution in [1.29, 1.82) is 0 Å². The highest BCUT2D eigenvalue weighted by Gasteiger charge is 2.15. The van der Waals surface area contributed by atoms with Crippen LogP contribution in [0.25, 0.3) is 0 Å². The van der Waals surface area contributed by atoms with E-state index in [4.69, 9.17) is 9.47 Å². The van der Waals surface area contributed by atoms with Crippen molar-refractivity contribution in [2.45, 2.75) is 233 Å². The van der Waals surface area contributed by atoms with E-state index in [1.165, 1.54) is 116 Å². The lowest BCUT2D eigenvalue weighted by Gasteiger charge is -2.21. The predicted octanol–water partition coefficient (Wildman–Crippen LogP) is 11.9. The molecular weight excluding hydrogens is 598 g/mol. The van der Waals surface area contributed by atoms with Gasteiger partial charge in [0.15, 0.2) is 0 Å². The molecule has 0 bridgehead atoms. The lowest BCUT2D eigenvalue weighted by molar-refractivity contribution is -0.150. The Labute approximate surface area is 299 Å². The molecule has 2 atom stereocenters. The highest BCUT2D eigenvalue weighted by molar-refractivity contribution is 5.69. The van der Waals surface area contributed by atoms with Gasteiger partial charge in [0.2, 0.25) is 0 Å². The van der Waals surface area contributed by atoms with Crippen LogP contribution in [-0.2, 0) is 19.1 Å². The zero-order chi connectivity index (χ0) is 35.3. The summed E-state index contributed by atoms with van der Waals surface area (Å²) in [6.07, 6.45) is 34.4. The second kappa shape index (κ2) is 37.1. The summed E-state index contributed by atoms with van der Waals surface area (Å²) in [6.45, 7) is 11.3. The Morgan fingerprint density at radius 1 is 0.479 bits per heavy atom. The topological polar surface area (TPSA) is 76.1 Å². The van der Waals surface area contributed by atoms with Gasteiger partial charge in [-0.15, -0.1) is 0 Å². The summed E-state index contributed by atoms with van der Waals surface area (Å²) in [4.78, 5) is 27.3. The van der Waals surface area contributed by atoms with Gasteiger partial charge in [-0.2, -0.15) is 0 Å². The van der Waals surface area contributed by atoms with Gasteiger partial charge in [-0.1, -0.05) is 143 Å². The smallest absolute Gasteiger partial charge is 0.306 e. The number of hydrogen-bond acceptors (Lipinski definition) is 6. The average Bonchev–Trinajstić information content (AvgIpc) is 3.06. The number of carbonyl (C=O) groups excluding carboxylic acids is 2. The van der Waals surface area contributed by atoms with Gasteiger partial charge < -0.3 is 19.5 Å². The minimum absolute atomic E-state index is 0.000477. The van der Waals surface area contributed by atoms with Crippen molar-refractivity contribution in [3.8, 4) is 0 Å². The first-order valence-corrected chi connectivity index (χ1v) is 21.2. The number of aliphatic hydroxyl groups is 1. The fourth-order valence-electron chi connectivity index (χ4n) is 6.60. The van der Waals surface area contributed by atoms with Crippen LogP contribution in [0, 0.1) is 0 Å². The second-order valence-electron chi connectivity index (χ2n) is 14.6. The molecule has 0 aromatic heterocycles. The molecule has 0 amide bonds. The van der Waals surface area contributed by atoms with E-state index in [-0.39, 0.29) is 30.8 Å². The molecule has 286 valence electrons. The van der Waals surface area contributed by atoms with Crippen LogP contribution in [0.3, 0.4) is 0 Å². The van der Waals surface area contributed by atoms with E-state index >= 15 is 0 Å². The Bertz CT molecular complexity index is 687. The Balaban J connectivity index is 4.13. The number of unbranched alkanes of at least 4 members (excludes halogenated alkanes) is 20. The Morgan fingerprint density at radius 3 is 1.40 bits per heavy atom. The van der Waals surface area contributed by atoms with E-state index in [0.717, 1.165) is 77.3 Å². The Morgan fingerprint density at radius 2 is 0.875 bits per heavy atom. The maximum Gasteiger partial charge on any atom is 0.306 e. The van der Waals surface area contributed by atoms with E-state index < -0.39 is 0 Å². The summed E-state index contributed by atoms with van der Waals surface area (Å²) in [5, 5.41) is 9.52. The van der Waals surface area contributed by atoms with Crippen molar-refractivity contribution in [1.82, 2.24) is 4.90 Å². The number of rotatable bonds is 38. The molecule has 0 aromatic rings. The van der Waals surface area contributed by atoms with E-state index in [1.54, 1.807) is 0 Å². The largest absolute Gasteiger partial charge is 0.463 e. The van der Waals surface area contributed by atoms with Gasteiger partial charge in [-0.25, -0.2) is 0 Å². The minimum atomic E-state index is -0.0949. The SMILES string of the molecule is CCCCCCCCCC(CCCCCCCC)OC(=O)CCCCCCCN(CCO)CCCC(=O)OC(C)CCCCCCCC. The van der Waals surface area contributed by atoms with Crippen LogP contribution in [0.4, 0.5) is 0 Å².